The van der Waals surface area contributed by atoms with Crippen LogP contribution in [0.4, 0.5) is 5.69 Å². The SMILES string of the molecule is CCOC(=O)c1ccccc1NC(C)c1cccc(Cl)c1. The Labute approximate surface area is 129 Å². The Hall–Kier alpha value is -2.00. The Bertz CT molecular complexity index is 628. The molecule has 0 heterocycles. The lowest BCUT2D eigenvalue weighted by atomic mass is 10.1. The number of rotatable bonds is 5. The van der Waals surface area contributed by atoms with Crippen LogP contribution < -0.4 is 5.32 Å². The van der Waals surface area contributed by atoms with Gasteiger partial charge in [-0.3, -0.25) is 0 Å². The van der Waals surface area contributed by atoms with Crippen molar-refractivity contribution in [2.24, 2.45) is 0 Å². The predicted molar refractivity (Wildman–Crippen MR) is 85.9 cm³/mol. The van der Waals surface area contributed by atoms with Crippen LogP contribution in [0, 0.1) is 0 Å². The van der Waals surface area contributed by atoms with Crippen LogP contribution in [0.5, 0.6) is 0 Å². The molecule has 21 heavy (non-hydrogen) atoms. The predicted octanol–water partition coefficient (Wildman–Crippen LogP) is 4.69. The third-order valence-electron chi connectivity index (χ3n) is 3.14. The van der Waals surface area contributed by atoms with Gasteiger partial charge in [0.05, 0.1) is 12.2 Å². The highest BCUT2D eigenvalue weighted by atomic mass is 35.5. The van der Waals surface area contributed by atoms with Crippen LogP contribution in [0.3, 0.4) is 0 Å². The van der Waals surface area contributed by atoms with Crippen molar-refractivity contribution in [3.63, 3.8) is 0 Å². The minimum atomic E-state index is -0.320. The monoisotopic (exact) mass is 303 g/mol. The van der Waals surface area contributed by atoms with Crippen molar-refractivity contribution in [1.29, 1.82) is 0 Å². The van der Waals surface area contributed by atoms with Gasteiger partial charge in [-0.1, -0.05) is 35.9 Å². The van der Waals surface area contributed by atoms with Gasteiger partial charge in [0.2, 0.25) is 0 Å². The van der Waals surface area contributed by atoms with E-state index in [-0.39, 0.29) is 12.0 Å². The topological polar surface area (TPSA) is 38.3 Å². The molecule has 0 aliphatic heterocycles. The molecule has 4 heteroatoms. The first kappa shape index (κ1) is 15.4. The normalized spacial score (nSPS) is 11.8. The molecule has 3 nitrogen and oxygen atoms in total. The highest BCUT2D eigenvalue weighted by molar-refractivity contribution is 6.30. The summed E-state index contributed by atoms with van der Waals surface area (Å²) in [6.45, 7) is 4.17. The van der Waals surface area contributed by atoms with Crippen molar-refractivity contribution in [1.82, 2.24) is 0 Å². The smallest absolute Gasteiger partial charge is 0.340 e. The van der Waals surface area contributed by atoms with Crippen LogP contribution in [-0.2, 0) is 4.74 Å². The van der Waals surface area contributed by atoms with E-state index >= 15 is 0 Å². The molecular formula is C17H18ClNO2. The van der Waals surface area contributed by atoms with Crippen molar-refractivity contribution in [2.75, 3.05) is 11.9 Å². The molecule has 0 radical (unpaired) electrons. The van der Waals surface area contributed by atoms with Crippen LogP contribution >= 0.6 is 11.6 Å². The molecule has 0 bridgehead atoms. The van der Waals surface area contributed by atoms with E-state index < -0.39 is 0 Å². The van der Waals surface area contributed by atoms with Crippen LogP contribution in [0.25, 0.3) is 0 Å². The van der Waals surface area contributed by atoms with E-state index in [2.05, 4.69) is 5.32 Å². The average molecular weight is 304 g/mol. The molecule has 0 amide bonds. The van der Waals surface area contributed by atoms with Gasteiger partial charge in [0, 0.05) is 16.8 Å². The minimum Gasteiger partial charge on any atom is -0.462 e. The average Bonchev–Trinajstić information content (AvgIpc) is 2.48. The zero-order valence-corrected chi connectivity index (χ0v) is 12.9. The van der Waals surface area contributed by atoms with E-state index in [0.717, 1.165) is 11.3 Å². The first-order chi connectivity index (χ1) is 10.1. The molecule has 2 rings (SSSR count). The van der Waals surface area contributed by atoms with E-state index in [0.29, 0.717) is 17.2 Å². The fourth-order valence-corrected chi connectivity index (χ4v) is 2.29. The van der Waals surface area contributed by atoms with Crippen molar-refractivity contribution < 1.29 is 9.53 Å². The van der Waals surface area contributed by atoms with Gasteiger partial charge in [-0.15, -0.1) is 0 Å². The summed E-state index contributed by atoms with van der Waals surface area (Å²) in [5.41, 5.74) is 2.35. The maximum Gasteiger partial charge on any atom is 0.340 e. The number of halogens is 1. The lowest BCUT2D eigenvalue weighted by Gasteiger charge is -2.18. The maximum absolute atomic E-state index is 12.0. The summed E-state index contributed by atoms with van der Waals surface area (Å²) in [5, 5.41) is 4.03. The molecule has 0 aliphatic carbocycles. The van der Waals surface area contributed by atoms with Gasteiger partial charge in [0.15, 0.2) is 0 Å². The van der Waals surface area contributed by atoms with Crippen molar-refractivity contribution in [3.05, 3.63) is 64.7 Å². The molecule has 2 aromatic rings. The molecule has 1 N–H and O–H groups in total. The summed E-state index contributed by atoms with van der Waals surface area (Å²) < 4.78 is 5.07. The summed E-state index contributed by atoms with van der Waals surface area (Å²) in [5.74, 6) is -0.320. The van der Waals surface area contributed by atoms with E-state index in [9.17, 15) is 4.79 Å². The fourth-order valence-electron chi connectivity index (χ4n) is 2.09. The van der Waals surface area contributed by atoms with Crippen LogP contribution in [0.1, 0.15) is 35.8 Å². The first-order valence-corrected chi connectivity index (χ1v) is 7.27. The van der Waals surface area contributed by atoms with Gasteiger partial charge < -0.3 is 10.1 Å². The van der Waals surface area contributed by atoms with Gasteiger partial charge in [-0.05, 0) is 43.7 Å². The zero-order valence-electron chi connectivity index (χ0n) is 12.1. The fraction of sp³-hybridized carbons (Fsp3) is 0.235. The lowest BCUT2D eigenvalue weighted by Crippen LogP contribution is -2.12. The Balaban J connectivity index is 2.21. The highest BCUT2D eigenvalue weighted by Crippen LogP contribution is 2.24. The van der Waals surface area contributed by atoms with Gasteiger partial charge in [0.1, 0.15) is 0 Å². The summed E-state index contributed by atoms with van der Waals surface area (Å²) >= 11 is 6.01. The van der Waals surface area contributed by atoms with Gasteiger partial charge in [-0.25, -0.2) is 4.79 Å². The van der Waals surface area contributed by atoms with Crippen LogP contribution in [-0.4, -0.2) is 12.6 Å². The molecular weight excluding hydrogens is 286 g/mol. The second-order valence-corrected chi connectivity index (χ2v) is 5.12. The number of carbonyl (C=O) groups excluding carboxylic acids is 1. The maximum atomic E-state index is 12.0. The largest absolute Gasteiger partial charge is 0.462 e. The number of ether oxygens (including phenoxy) is 1. The molecule has 1 atom stereocenters. The number of hydrogen-bond acceptors (Lipinski definition) is 3. The summed E-state index contributed by atoms with van der Waals surface area (Å²) in [4.78, 5) is 12.0. The first-order valence-electron chi connectivity index (χ1n) is 6.90. The van der Waals surface area contributed by atoms with Crippen LogP contribution in [0.2, 0.25) is 5.02 Å². The third kappa shape index (κ3) is 3.99. The molecule has 0 aromatic heterocycles. The second kappa shape index (κ2) is 7.14. The van der Waals surface area contributed by atoms with E-state index in [1.165, 1.54) is 0 Å². The Morgan fingerprint density at radius 1 is 1.24 bits per heavy atom. The molecule has 1 unspecified atom stereocenters. The van der Waals surface area contributed by atoms with Gasteiger partial charge in [0.25, 0.3) is 0 Å². The third-order valence-corrected chi connectivity index (χ3v) is 3.38. The van der Waals surface area contributed by atoms with E-state index in [1.807, 2.05) is 49.4 Å². The van der Waals surface area contributed by atoms with Gasteiger partial charge >= 0.3 is 5.97 Å². The highest BCUT2D eigenvalue weighted by Gasteiger charge is 2.14. The molecule has 0 aliphatic rings. The van der Waals surface area contributed by atoms with Gasteiger partial charge in [-0.2, -0.15) is 0 Å². The molecule has 0 spiro atoms. The Kier molecular flexibility index (Phi) is 5.23. The van der Waals surface area contributed by atoms with Crippen molar-refractivity contribution in [2.45, 2.75) is 19.9 Å². The Morgan fingerprint density at radius 2 is 2.00 bits per heavy atom. The number of esters is 1. The molecule has 2 aromatic carbocycles. The zero-order chi connectivity index (χ0) is 15.2. The second-order valence-electron chi connectivity index (χ2n) is 4.69. The van der Waals surface area contributed by atoms with E-state index in [4.69, 9.17) is 16.3 Å². The summed E-state index contributed by atoms with van der Waals surface area (Å²) in [7, 11) is 0. The minimum absolute atomic E-state index is 0.0271. The van der Waals surface area contributed by atoms with Crippen LogP contribution in [0.15, 0.2) is 48.5 Å². The number of nitrogens with one attached hydrogen (secondary N) is 1. The van der Waals surface area contributed by atoms with Crippen molar-refractivity contribution >= 4 is 23.3 Å². The Morgan fingerprint density at radius 3 is 2.71 bits per heavy atom. The molecule has 110 valence electrons. The lowest BCUT2D eigenvalue weighted by molar-refractivity contribution is 0.0527. The summed E-state index contributed by atoms with van der Waals surface area (Å²) in [6, 6.07) is 15.0. The van der Waals surface area contributed by atoms with E-state index in [1.54, 1.807) is 13.0 Å². The molecule has 0 saturated heterocycles. The van der Waals surface area contributed by atoms with Crippen molar-refractivity contribution in [3.8, 4) is 0 Å². The summed E-state index contributed by atoms with van der Waals surface area (Å²) in [6.07, 6.45) is 0. The number of hydrogen-bond donors (Lipinski definition) is 1. The molecule has 0 fully saturated rings. The standard InChI is InChI=1S/C17H18ClNO2/c1-3-21-17(20)15-9-4-5-10-16(15)19-12(2)13-7-6-8-14(18)11-13/h4-12,19H,3H2,1-2H3. The number of carbonyl (C=O) groups is 1. The number of anilines is 1. The number of para-hydroxylation sites is 1. The quantitative estimate of drug-likeness (QED) is 0.814. The molecule has 0 saturated carbocycles. The number of benzene rings is 2.